The minimum absolute atomic E-state index is 0.127. The molecule has 0 aromatic heterocycles. The number of nitrogens with two attached hydrogens (primary N) is 1. The fourth-order valence-electron chi connectivity index (χ4n) is 6.77. The van der Waals surface area contributed by atoms with E-state index in [0.29, 0.717) is 11.8 Å². The van der Waals surface area contributed by atoms with E-state index in [4.69, 9.17) is 10.5 Å². The van der Waals surface area contributed by atoms with Crippen molar-refractivity contribution in [3.8, 4) is 22.6 Å². The van der Waals surface area contributed by atoms with E-state index in [9.17, 15) is 10.2 Å². The summed E-state index contributed by atoms with van der Waals surface area (Å²) in [6.07, 6.45) is 5.80. The standard InChI is InChI=1S/C26H30N2O3/c1-14(27)11-15-3-5-16(6-4-15)17-13-22(30)24-23-18(17)12-20-19-7-8-21(29)25(31-24)26(19,23)9-10-28(20)2/h3-8,13-14,19-21,25,29-30H,9-12,27H2,1-2H3/t14?,19-,20+,21-,25-,26-/m0/s1. The average Bonchev–Trinajstić information content (AvgIpc) is 3.09. The van der Waals surface area contributed by atoms with Crippen molar-refractivity contribution in [1.29, 1.82) is 0 Å². The summed E-state index contributed by atoms with van der Waals surface area (Å²) in [4.78, 5) is 2.46. The fourth-order valence-corrected chi connectivity index (χ4v) is 6.77. The molecule has 4 N–H and O–H groups in total. The van der Waals surface area contributed by atoms with Crippen molar-refractivity contribution >= 4 is 0 Å². The van der Waals surface area contributed by atoms with Crippen LogP contribution in [0.4, 0.5) is 0 Å². The number of phenolic OH excluding ortho intramolecular Hbond substituents is 1. The van der Waals surface area contributed by atoms with Crippen molar-refractivity contribution in [2.45, 2.75) is 55.9 Å². The van der Waals surface area contributed by atoms with Gasteiger partial charge in [-0.05, 0) is 68.1 Å². The molecule has 5 nitrogen and oxygen atoms in total. The van der Waals surface area contributed by atoms with Gasteiger partial charge in [0.1, 0.15) is 12.2 Å². The van der Waals surface area contributed by atoms with Crippen molar-refractivity contribution in [2.24, 2.45) is 11.7 Å². The summed E-state index contributed by atoms with van der Waals surface area (Å²) in [5.74, 6) is 1.06. The van der Waals surface area contributed by atoms with E-state index in [-0.39, 0.29) is 29.2 Å². The molecular weight excluding hydrogens is 388 g/mol. The van der Waals surface area contributed by atoms with Crippen molar-refractivity contribution in [1.82, 2.24) is 4.90 Å². The molecule has 1 spiro atoms. The summed E-state index contributed by atoms with van der Waals surface area (Å²) >= 11 is 0. The Morgan fingerprint density at radius 1 is 1.26 bits per heavy atom. The van der Waals surface area contributed by atoms with E-state index in [1.54, 1.807) is 0 Å². The maximum absolute atomic E-state index is 11.0. The zero-order chi connectivity index (χ0) is 21.5. The molecule has 0 amide bonds. The fraction of sp³-hybridized carbons (Fsp3) is 0.462. The second-order valence-corrected chi connectivity index (χ2v) is 9.99. The van der Waals surface area contributed by atoms with Crippen LogP contribution in [0.25, 0.3) is 11.1 Å². The van der Waals surface area contributed by atoms with E-state index < -0.39 is 6.10 Å². The Morgan fingerprint density at radius 3 is 2.77 bits per heavy atom. The SMILES string of the molecule is CC(N)Cc1ccc(-c2cc(O)c3c4c2C[C@@H]2[C@@H]5C=C[C@H](O)[C@H](O3)[C@]45CCN2C)cc1. The van der Waals surface area contributed by atoms with E-state index in [0.717, 1.165) is 42.5 Å². The molecule has 6 atom stereocenters. The number of likely N-dealkylation sites (tertiary alicyclic amines) is 1. The number of piperidine rings is 1. The van der Waals surface area contributed by atoms with E-state index >= 15 is 0 Å². The Hall–Kier alpha value is -2.34. The van der Waals surface area contributed by atoms with Gasteiger partial charge in [0.15, 0.2) is 11.5 Å². The molecule has 2 aromatic rings. The molecule has 4 aliphatic rings. The minimum atomic E-state index is -0.654. The summed E-state index contributed by atoms with van der Waals surface area (Å²) in [6, 6.07) is 10.9. The number of aromatic hydroxyl groups is 1. The Morgan fingerprint density at radius 2 is 2.03 bits per heavy atom. The van der Waals surface area contributed by atoms with Gasteiger partial charge in [0, 0.05) is 29.0 Å². The third-order valence-corrected chi connectivity index (χ3v) is 8.10. The van der Waals surface area contributed by atoms with Crippen LogP contribution in [0.5, 0.6) is 11.5 Å². The van der Waals surface area contributed by atoms with Crippen molar-refractivity contribution in [3.05, 3.63) is 59.2 Å². The number of nitrogens with zero attached hydrogens (tertiary/aromatic N) is 1. The van der Waals surface area contributed by atoms with Gasteiger partial charge in [0.05, 0.1) is 0 Å². The quantitative estimate of drug-likeness (QED) is 0.668. The molecule has 1 fully saturated rings. The molecule has 31 heavy (non-hydrogen) atoms. The Balaban J connectivity index is 1.55. The molecule has 2 heterocycles. The second kappa shape index (κ2) is 6.58. The smallest absolute Gasteiger partial charge is 0.165 e. The zero-order valence-electron chi connectivity index (χ0n) is 18.1. The lowest BCUT2D eigenvalue weighted by Gasteiger charge is -2.56. The van der Waals surface area contributed by atoms with Gasteiger partial charge >= 0.3 is 0 Å². The Bertz CT molecular complexity index is 1080. The molecule has 6 rings (SSSR count). The molecule has 0 saturated carbocycles. The highest BCUT2D eigenvalue weighted by molar-refractivity contribution is 5.77. The van der Waals surface area contributed by atoms with Gasteiger partial charge in [0.25, 0.3) is 0 Å². The number of phenols is 1. The first kappa shape index (κ1) is 19.4. The predicted molar refractivity (Wildman–Crippen MR) is 120 cm³/mol. The topological polar surface area (TPSA) is 79.0 Å². The highest BCUT2D eigenvalue weighted by Gasteiger charge is 2.64. The molecule has 5 heteroatoms. The van der Waals surface area contributed by atoms with Gasteiger partial charge in [0.2, 0.25) is 0 Å². The number of likely N-dealkylation sites (N-methyl/N-ethyl adjacent to an activating group) is 1. The number of ether oxygens (including phenoxy) is 1. The van der Waals surface area contributed by atoms with Gasteiger partial charge in [-0.25, -0.2) is 0 Å². The zero-order valence-corrected chi connectivity index (χ0v) is 18.1. The largest absolute Gasteiger partial charge is 0.504 e. The highest BCUT2D eigenvalue weighted by atomic mass is 16.5. The van der Waals surface area contributed by atoms with Crippen LogP contribution in [-0.4, -0.2) is 53.0 Å². The molecule has 1 saturated heterocycles. The summed E-state index contributed by atoms with van der Waals surface area (Å²) in [5, 5.41) is 21.8. The predicted octanol–water partition coefficient (Wildman–Crippen LogP) is 2.75. The summed E-state index contributed by atoms with van der Waals surface area (Å²) < 4.78 is 6.33. The highest BCUT2D eigenvalue weighted by Crippen LogP contribution is 2.63. The summed E-state index contributed by atoms with van der Waals surface area (Å²) in [5.41, 5.74) is 11.5. The van der Waals surface area contributed by atoms with Gasteiger partial charge < -0.3 is 25.6 Å². The molecular formula is C26H30N2O3. The molecule has 0 radical (unpaired) electrons. The summed E-state index contributed by atoms with van der Waals surface area (Å²) in [7, 11) is 2.20. The van der Waals surface area contributed by atoms with Crippen molar-refractivity contribution in [3.63, 3.8) is 0 Å². The maximum atomic E-state index is 11.0. The van der Waals surface area contributed by atoms with Crippen LogP contribution in [-0.2, 0) is 18.3 Å². The van der Waals surface area contributed by atoms with Crippen LogP contribution in [0.15, 0.2) is 42.5 Å². The Kier molecular flexibility index (Phi) is 4.11. The second-order valence-electron chi connectivity index (χ2n) is 9.99. The number of rotatable bonds is 3. The van der Waals surface area contributed by atoms with Gasteiger partial charge in [-0.1, -0.05) is 36.4 Å². The number of hydrogen-bond acceptors (Lipinski definition) is 5. The van der Waals surface area contributed by atoms with Crippen LogP contribution >= 0.6 is 0 Å². The molecule has 2 bridgehead atoms. The van der Waals surface area contributed by atoms with E-state index in [1.807, 2.05) is 19.1 Å². The lowest BCUT2D eigenvalue weighted by molar-refractivity contribution is -0.0452. The van der Waals surface area contributed by atoms with Crippen molar-refractivity contribution < 1.29 is 14.9 Å². The number of benzene rings is 2. The first-order chi connectivity index (χ1) is 14.9. The first-order valence-electron chi connectivity index (χ1n) is 11.4. The molecule has 2 aliphatic carbocycles. The third kappa shape index (κ3) is 2.54. The van der Waals surface area contributed by atoms with Gasteiger partial charge in [-0.3, -0.25) is 0 Å². The van der Waals surface area contributed by atoms with Gasteiger partial charge in [-0.2, -0.15) is 0 Å². The normalized spacial score (nSPS) is 33.7. The van der Waals surface area contributed by atoms with Crippen LogP contribution in [0.1, 0.15) is 30.0 Å². The number of aliphatic hydroxyl groups is 1. The average molecular weight is 419 g/mol. The molecule has 2 aromatic carbocycles. The third-order valence-electron chi connectivity index (χ3n) is 8.10. The summed E-state index contributed by atoms with van der Waals surface area (Å²) in [6.45, 7) is 2.99. The lowest BCUT2D eigenvalue weighted by atomic mass is 9.53. The van der Waals surface area contributed by atoms with Gasteiger partial charge in [-0.15, -0.1) is 0 Å². The first-order valence-corrected chi connectivity index (χ1v) is 11.4. The van der Waals surface area contributed by atoms with Crippen LogP contribution in [0, 0.1) is 5.92 Å². The molecule has 2 aliphatic heterocycles. The molecule has 1 unspecified atom stereocenters. The van der Waals surface area contributed by atoms with E-state index in [1.165, 1.54) is 11.1 Å². The molecule has 162 valence electrons. The van der Waals surface area contributed by atoms with Crippen LogP contribution < -0.4 is 10.5 Å². The monoisotopic (exact) mass is 418 g/mol. The number of hydrogen-bond donors (Lipinski definition) is 3. The Labute approximate surface area is 183 Å². The lowest BCUT2D eigenvalue weighted by Crippen LogP contribution is -2.64. The van der Waals surface area contributed by atoms with Crippen LogP contribution in [0.3, 0.4) is 0 Å². The number of aliphatic hydroxyl groups excluding tert-OH is 1. The van der Waals surface area contributed by atoms with Crippen molar-refractivity contribution in [2.75, 3.05) is 13.6 Å². The maximum Gasteiger partial charge on any atom is 0.165 e. The minimum Gasteiger partial charge on any atom is -0.504 e. The van der Waals surface area contributed by atoms with Crippen LogP contribution in [0.2, 0.25) is 0 Å². The van der Waals surface area contributed by atoms with E-state index in [2.05, 4.69) is 42.3 Å².